The smallest absolute Gasteiger partial charge is 0.408 e. The number of hydrogen-bond acceptors (Lipinski definition) is 2. The van der Waals surface area contributed by atoms with Crippen molar-refractivity contribution in [1.29, 1.82) is 0 Å². The molecule has 116 valence electrons. The Bertz CT molecular complexity index is 495. The minimum atomic E-state index is -0.910. The minimum absolute atomic E-state index is 0.0280. The van der Waals surface area contributed by atoms with E-state index in [-0.39, 0.29) is 17.9 Å². The largest absolute Gasteiger partial charge is 0.465 e. The van der Waals surface area contributed by atoms with E-state index in [1.807, 2.05) is 30.3 Å². The average Bonchev–Trinajstić information content (AvgIpc) is 2.46. The first-order valence-corrected chi connectivity index (χ1v) is 7.50. The molecule has 1 aliphatic heterocycles. The summed E-state index contributed by atoms with van der Waals surface area (Å²) in [7, 11) is 0. The van der Waals surface area contributed by atoms with Gasteiger partial charge in [0.05, 0.1) is 5.54 Å². The molecule has 2 unspecified atom stereocenters. The summed E-state index contributed by atoms with van der Waals surface area (Å²) in [5, 5.41) is 19.2. The Morgan fingerprint density at radius 1 is 1.33 bits per heavy atom. The second-order valence-corrected chi connectivity index (χ2v) is 6.96. The second kappa shape index (κ2) is 5.68. The summed E-state index contributed by atoms with van der Waals surface area (Å²) in [5.41, 5.74) is 0.259. The number of hydrogen-bond donors (Lipinski definition) is 2. The fourth-order valence-electron chi connectivity index (χ4n) is 3.67. The number of likely N-dealkylation sites (tertiary alicyclic amines) is 1. The van der Waals surface area contributed by atoms with Gasteiger partial charge in [-0.2, -0.15) is 0 Å². The molecule has 2 rings (SSSR count). The van der Waals surface area contributed by atoms with Gasteiger partial charge in [-0.05, 0) is 29.7 Å². The number of aliphatic hydroxyl groups is 1. The van der Waals surface area contributed by atoms with E-state index in [2.05, 4.69) is 20.8 Å². The van der Waals surface area contributed by atoms with Crippen LogP contribution in [0.4, 0.5) is 4.79 Å². The van der Waals surface area contributed by atoms with E-state index in [4.69, 9.17) is 0 Å². The monoisotopic (exact) mass is 291 g/mol. The van der Waals surface area contributed by atoms with Gasteiger partial charge in [0, 0.05) is 13.2 Å². The Morgan fingerprint density at radius 2 is 1.95 bits per heavy atom. The zero-order valence-corrected chi connectivity index (χ0v) is 13.0. The van der Waals surface area contributed by atoms with Crippen molar-refractivity contribution in [2.75, 3.05) is 13.2 Å². The molecule has 0 radical (unpaired) electrons. The molecular formula is C17H25NO3. The van der Waals surface area contributed by atoms with E-state index >= 15 is 0 Å². The number of aliphatic hydroxyl groups excluding tert-OH is 1. The number of rotatable bonds is 2. The van der Waals surface area contributed by atoms with E-state index in [1.54, 1.807) is 4.90 Å². The third kappa shape index (κ3) is 2.64. The van der Waals surface area contributed by atoms with E-state index < -0.39 is 11.6 Å². The fraction of sp³-hybridized carbons (Fsp3) is 0.588. The van der Waals surface area contributed by atoms with Crippen molar-refractivity contribution in [3.05, 3.63) is 35.9 Å². The van der Waals surface area contributed by atoms with Gasteiger partial charge >= 0.3 is 6.09 Å². The van der Waals surface area contributed by atoms with Gasteiger partial charge in [-0.15, -0.1) is 0 Å². The van der Waals surface area contributed by atoms with Crippen LogP contribution in [0.5, 0.6) is 0 Å². The predicted molar refractivity (Wildman–Crippen MR) is 82.1 cm³/mol. The number of amides is 1. The highest BCUT2D eigenvalue weighted by molar-refractivity contribution is 5.67. The highest BCUT2D eigenvalue weighted by atomic mass is 16.4. The zero-order valence-electron chi connectivity index (χ0n) is 13.0. The first kappa shape index (κ1) is 15.8. The van der Waals surface area contributed by atoms with Crippen LogP contribution in [-0.4, -0.2) is 34.4 Å². The standard InChI is InChI=1S/C17H25NO3/c1-16(2,3)17(14-7-5-4-6-8-14)10-9-13(12-19)11-18(17)15(20)21/h4-8,13,19H,9-12H2,1-3H3,(H,20,21). The van der Waals surface area contributed by atoms with Gasteiger partial charge in [-0.25, -0.2) is 4.79 Å². The molecule has 0 bridgehead atoms. The maximum atomic E-state index is 11.9. The average molecular weight is 291 g/mol. The normalized spacial score (nSPS) is 26.7. The summed E-state index contributed by atoms with van der Waals surface area (Å²) < 4.78 is 0. The van der Waals surface area contributed by atoms with Crippen molar-refractivity contribution in [3.63, 3.8) is 0 Å². The van der Waals surface area contributed by atoms with Gasteiger partial charge in [0.2, 0.25) is 0 Å². The SMILES string of the molecule is CC(C)(C)C1(c2ccccc2)CCC(CO)CN1C(=O)O. The van der Waals surface area contributed by atoms with Crippen LogP contribution in [0, 0.1) is 11.3 Å². The topological polar surface area (TPSA) is 60.8 Å². The van der Waals surface area contributed by atoms with Crippen LogP contribution in [0.25, 0.3) is 0 Å². The summed E-state index contributed by atoms with van der Waals surface area (Å²) >= 11 is 0. The van der Waals surface area contributed by atoms with Crippen LogP contribution in [0.3, 0.4) is 0 Å². The summed E-state index contributed by atoms with van der Waals surface area (Å²) in [5.74, 6) is 0.0280. The summed E-state index contributed by atoms with van der Waals surface area (Å²) in [6, 6.07) is 9.90. The van der Waals surface area contributed by atoms with Crippen molar-refractivity contribution < 1.29 is 15.0 Å². The van der Waals surface area contributed by atoms with Gasteiger partial charge in [0.25, 0.3) is 0 Å². The van der Waals surface area contributed by atoms with Gasteiger partial charge in [-0.1, -0.05) is 51.1 Å². The summed E-state index contributed by atoms with van der Waals surface area (Å²) in [6.07, 6.45) is 0.664. The molecule has 1 aromatic carbocycles. The summed E-state index contributed by atoms with van der Waals surface area (Å²) in [6.45, 7) is 6.70. The quantitative estimate of drug-likeness (QED) is 0.878. The third-order valence-electron chi connectivity index (χ3n) is 4.80. The Labute approximate surface area is 126 Å². The van der Waals surface area contributed by atoms with Crippen molar-refractivity contribution in [1.82, 2.24) is 4.90 Å². The fourth-order valence-corrected chi connectivity index (χ4v) is 3.67. The highest BCUT2D eigenvalue weighted by Gasteiger charge is 2.52. The van der Waals surface area contributed by atoms with E-state index in [0.717, 1.165) is 18.4 Å². The lowest BCUT2D eigenvalue weighted by atomic mass is 9.63. The molecule has 1 amide bonds. The molecule has 1 fully saturated rings. The van der Waals surface area contributed by atoms with E-state index in [1.165, 1.54) is 0 Å². The van der Waals surface area contributed by atoms with Crippen molar-refractivity contribution in [2.45, 2.75) is 39.2 Å². The van der Waals surface area contributed by atoms with Gasteiger partial charge in [0.15, 0.2) is 0 Å². The van der Waals surface area contributed by atoms with Crippen LogP contribution >= 0.6 is 0 Å². The number of nitrogens with zero attached hydrogens (tertiary/aromatic N) is 1. The molecule has 4 heteroatoms. The third-order valence-corrected chi connectivity index (χ3v) is 4.80. The molecule has 1 saturated heterocycles. The lowest BCUT2D eigenvalue weighted by molar-refractivity contribution is -0.0529. The Balaban J connectivity index is 2.56. The van der Waals surface area contributed by atoms with Gasteiger partial charge in [0.1, 0.15) is 0 Å². The molecule has 2 N–H and O–H groups in total. The number of carboxylic acid groups (broad SMARTS) is 1. The lowest BCUT2D eigenvalue weighted by Crippen LogP contribution is -2.60. The Morgan fingerprint density at radius 3 is 2.43 bits per heavy atom. The zero-order chi connectivity index (χ0) is 15.7. The molecule has 0 spiro atoms. The number of benzene rings is 1. The Hall–Kier alpha value is -1.55. The molecule has 0 aromatic heterocycles. The van der Waals surface area contributed by atoms with Crippen molar-refractivity contribution in [3.8, 4) is 0 Å². The molecule has 21 heavy (non-hydrogen) atoms. The van der Waals surface area contributed by atoms with Crippen molar-refractivity contribution >= 4 is 6.09 Å². The Kier molecular flexibility index (Phi) is 4.28. The lowest BCUT2D eigenvalue weighted by Gasteiger charge is -2.55. The molecule has 1 heterocycles. The van der Waals surface area contributed by atoms with Crippen LogP contribution in [0.1, 0.15) is 39.2 Å². The molecule has 1 aliphatic rings. The molecule has 1 aromatic rings. The second-order valence-electron chi connectivity index (χ2n) is 6.96. The van der Waals surface area contributed by atoms with E-state index in [9.17, 15) is 15.0 Å². The molecule has 0 aliphatic carbocycles. The first-order chi connectivity index (χ1) is 9.83. The first-order valence-electron chi connectivity index (χ1n) is 7.50. The molecule has 0 saturated carbocycles. The number of carbonyl (C=O) groups is 1. The highest BCUT2D eigenvalue weighted by Crippen LogP contribution is 2.51. The van der Waals surface area contributed by atoms with E-state index in [0.29, 0.717) is 6.54 Å². The van der Waals surface area contributed by atoms with Crippen LogP contribution < -0.4 is 0 Å². The van der Waals surface area contributed by atoms with Gasteiger partial charge in [-0.3, -0.25) is 4.90 Å². The predicted octanol–water partition coefficient (Wildman–Crippen LogP) is 3.31. The van der Waals surface area contributed by atoms with Crippen LogP contribution in [0.2, 0.25) is 0 Å². The molecule has 2 atom stereocenters. The summed E-state index contributed by atoms with van der Waals surface area (Å²) in [4.78, 5) is 13.4. The van der Waals surface area contributed by atoms with Crippen LogP contribution in [0.15, 0.2) is 30.3 Å². The maximum Gasteiger partial charge on any atom is 0.408 e. The minimum Gasteiger partial charge on any atom is -0.465 e. The van der Waals surface area contributed by atoms with Crippen molar-refractivity contribution in [2.24, 2.45) is 11.3 Å². The molecule has 4 nitrogen and oxygen atoms in total. The number of piperidine rings is 1. The maximum absolute atomic E-state index is 11.9. The van der Waals surface area contributed by atoms with Gasteiger partial charge < -0.3 is 10.2 Å². The van der Waals surface area contributed by atoms with Crippen LogP contribution in [-0.2, 0) is 5.54 Å². The molecular weight excluding hydrogens is 266 g/mol.